The third-order valence-corrected chi connectivity index (χ3v) is 3.53. The van der Waals surface area contributed by atoms with E-state index in [1.807, 2.05) is 23.9 Å². The first-order valence-electron chi connectivity index (χ1n) is 7.06. The molecule has 0 amide bonds. The number of aromatic nitrogens is 2. The van der Waals surface area contributed by atoms with Crippen LogP contribution in [0.15, 0.2) is 24.4 Å². The van der Waals surface area contributed by atoms with Gasteiger partial charge in [-0.05, 0) is 29.7 Å². The average Bonchev–Trinajstić information content (AvgIpc) is 2.77. The number of hydrogen-bond donors (Lipinski definition) is 1. The first kappa shape index (κ1) is 15.1. The third-order valence-electron chi connectivity index (χ3n) is 3.30. The molecule has 0 unspecified atom stereocenters. The molecule has 1 aromatic carbocycles. The van der Waals surface area contributed by atoms with Gasteiger partial charge in [-0.1, -0.05) is 38.4 Å². The molecule has 0 saturated heterocycles. The van der Waals surface area contributed by atoms with Gasteiger partial charge in [-0.15, -0.1) is 0 Å². The highest BCUT2D eigenvalue weighted by atomic mass is 35.5. The Labute approximate surface area is 126 Å². The molecule has 0 aliphatic carbocycles. The number of benzene rings is 1. The van der Waals surface area contributed by atoms with Gasteiger partial charge in [-0.25, -0.2) is 0 Å². The molecule has 2 rings (SSSR count). The molecule has 0 aliphatic heterocycles. The maximum absolute atomic E-state index is 6.15. The van der Waals surface area contributed by atoms with Crippen LogP contribution in [0.2, 0.25) is 5.02 Å². The van der Waals surface area contributed by atoms with Crippen LogP contribution < -0.4 is 5.32 Å². The van der Waals surface area contributed by atoms with Crippen LogP contribution in [-0.2, 0) is 20.0 Å². The zero-order valence-corrected chi connectivity index (χ0v) is 13.3. The second-order valence-corrected chi connectivity index (χ2v) is 5.79. The highest BCUT2D eigenvalue weighted by Crippen LogP contribution is 2.29. The normalized spacial score (nSPS) is 11.3. The molecule has 0 saturated carbocycles. The topological polar surface area (TPSA) is 29.9 Å². The molecule has 0 aliphatic rings. The monoisotopic (exact) mass is 291 g/mol. The van der Waals surface area contributed by atoms with Crippen molar-refractivity contribution in [3.05, 3.63) is 40.7 Å². The van der Waals surface area contributed by atoms with Crippen LogP contribution in [0.1, 0.15) is 32.0 Å². The van der Waals surface area contributed by atoms with Crippen LogP contribution >= 0.6 is 11.6 Å². The minimum absolute atomic E-state index is 0.446. The molecule has 0 bridgehead atoms. The van der Waals surface area contributed by atoms with E-state index in [9.17, 15) is 0 Å². The van der Waals surface area contributed by atoms with Crippen LogP contribution in [0.25, 0.3) is 11.1 Å². The number of aryl methyl sites for hydroxylation is 2. The van der Waals surface area contributed by atoms with E-state index >= 15 is 0 Å². The highest BCUT2D eigenvalue weighted by molar-refractivity contribution is 6.30. The van der Waals surface area contributed by atoms with Crippen molar-refractivity contribution in [3.8, 4) is 11.1 Å². The van der Waals surface area contributed by atoms with E-state index in [4.69, 9.17) is 11.6 Å². The Bertz CT molecular complexity index is 587. The van der Waals surface area contributed by atoms with Crippen molar-refractivity contribution in [2.24, 2.45) is 7.05 Å². The maximum atomic E-state index is 6.15. The summed E-state index contributed by atoms with van der Waals surface area (Å²) < 4.78 is 1.88. The van der Waals surface area contributed by atoms with E-state index in [-0.39, 0.29) is 0 Å². The van der Waals surface area contributed by atoms with Crippen LogP contribution in [0.5, 0.6) is 0 Å². The number of halogens is 1. The molecule has 0 fully saturated rings. The van der Waals surface area contributed by atoms with E-state index < -0.39 is 0 Å². The zero-order valence-electron chi connectivity index (χ0n) is 12.6. The summed E-state index contributed by atoms with van der Waals surface area (Å²) in [5, 5.41) is 8.76. The Morgan fingerprint density at radius 1 is 1.30 bits per heavy atom. The highest BCUT2D eigenvalue weighted by Gasteiger charge is 2.13. The number of hydrogen-bond acceptors (Lipinski definition) is 2. The van der Waals surface area contributed by atoms with Crippen molar-refractivity contribution in [2.45, 2.75) is 39.8 Å². The number of rotatable bonds is 5. The molecule has 0 atom stereocenters. The molecule has 1 aromatic heterocycles. The van der Waals surface area contributed by atoms with Gasteiger partial charge < -0.3 is 5.32 Å². The van der Waals surface area contributed by atoms with E-state index in [1.165, 1.54) is 16.7 Å². The van der Waals surface area contributed by atoms with Crippen molar-refractivity contribution in [2.75, 3.05) is 0 Å². The first-order chi connectivity index (χ1) is 9.51. The van der Waals surface area contributed by atoms with Gasteiger partial charge in [-0.3, -0.25) is 4.68 Å². The summed E-state index contributed by atoms with van der Waals surface area (Å²) in [7, 11) is 1.96. The van der Waals surface area contributed by atoms with Crippen molar-refractivity contribution in [1.82, 2.24) is 15.1 Å². The minimum atomic E-state index is 0.446. The lowest BCUT2D eigenvalue weighted by Crippen LogP contribution is -2.22. The smallest absolute Gasteiger partial charge is 0.0700 e. The van der Waals surface area contributed by atoms with Gasteiger partial charge in [0, 0.05) is 36.4 Å². The van der Waals surface area contributed by atoms with Gasteiger partial charge in [0.1, 0.15) is 0 Å². The van der Waals surface area contributed by atoms with Crippen molar-refractivity contribution < 1.29 is 0 Å². The summed E-state index contributed by atoms with van der Waals surface area (Å²) in [6.45, 7) is 7.23. The van der Waals surface area contributed by atoms with Crippen molar-refractivity contribution >= 4 is 11.6 Å². The lowest BCUT2D eigenvalue weighted by molar-refractivity contribution is 0.589. The standard InChI is InChI=1S/C16H22ClN3/c1-5-16-15(10-20(4)19-16)14-7-6-13(17)8-12(14)9-18-11(2)3/h6-8,10-11,18H,5,9H2,1-4H3. The fourth-order valence-corrected chi connectivity index (χ4v) is 2.50. The molecule has 1 N–H and O–H groups in total. The lowest BCUT2D eigenvalue weighted by atomic mass is 9.99. The Morgan fingerprint density at radius 3 is 2.70 bits per heavy atom. The fourth-order valence-electron chi connectivity index (χ4n) is 2.31. The van der Waals surface area contributed by atoms with Gasteiger partial charge in [0.25, 0.3) is 0 Å². The Balaban J connectivity index is 2.44. The Kier molecular flexibility index (Phi) is 4.84. The molecule has 108 valence electrons. The second-order valence-electron chi connectivity index (χ2n) is 5.35. The molecule has 0 radical (unpaired) electrons. The van der Waals surface area contributed by atoms with Crippen LogP contribution in [0.4, 0.5) is 0 Å². The van der Waals surface area contributed by atoms with Gasteiger partial charge >= 0.3 is 0 Å². The van der Waals surface area contributed by atoms with Crippen molar-refractivity contribution in [1.29, 1.82) is 0 Å². The molecule has 2 aromatic rings. The molecule has 20 heavy (non-hydrogen) atoms. The fraction of sp³-hybridized carbons (Fsp3) is 0.438. The van der Waals surface area contributed by atoms with Gasteiger partial charge in [0.15, 0.2) is 0 Å². The van der Waals surface area contributed by atoms with E-state index in [1.54, 1.807) is 0 Å². The predicted octanol–water partition coefficient (Wildman–Crippen LogP) is 3.80. The van der Waals surface area contributed by atoms with E-state index in [0.717, 1.165) is 23.7 Å². The van der Waals surface area contributed by atoms with Crippen LogP contribution in [0, 0.1) is 0 Å². The third kappa shape index (κ3) is 3.41. The quantitative estimate of drug-likeness (QED) is 0.908. The molecule has 0 spiro atoms. The van der Waals surface area contributed by atoms with Gasteiger partial charge in [-0.2, -0.15) is 5.10 Å². The minimum Gasteiger partial charge on any atom is -0.310 e. The van der Waals surface area contributed by atoms with Crippen LogP contribution in [-0.4, -0.2) is 15.8 Å². The largest absolute Gasteiger partial charge is 0.310 e. The molecular formula is C16H22ClN3. The molecule has 1 heterocycles. The van der Waals surface area contributed by atoms with Gasteiger partial charge in [0.2, 0.25) is 0 Å². The Morgan fingerprint density at radius 2 is 2.05 bits per heavy atom. The summed E-state index contributed by atoms with van der Waals surface area (Å²) in [4.78, 5) is 0. The summed E-state index contributed by atoms with van der Waals surface area (Å²) in [5.41, 5.74) is 4.76. The number of nitrogens with zero attached hydrogens (tertiary/aromatic N) is 2. The average molecular weight is 292 g/mol. The zero-order chi connectivity index (χ0) is 14.7. The Hall–Kier alpha value is -1.32. The molecule has 3 nitrogen and oxygen atoms in total. The lowest BCUT2D eigenvalue weighted by Gasteiger charge is -2.13. The predicted molar refractivity (Wildman–Crippen MR) is 85.0 cm³/mol. The summed E-state index contributed by atoms with van der Waals surface area (Å²) >= 11 is 6.15. The second kappa shape index (κ2) is 6.42. The van der Waals surface area contributed by atoms with Crippen LogP contribution in [0.3, 0.4) is 0 Å². The first-order valence-corrected chi connectivity index (χ1v) is 7.43. The van der Waals surface area contributed by atoms with Gasteiger partial charge in [0.05, 0.1) is 5.69 Å². The van der Waals surface area contributed by atoms with E-state index in [0.29, 0.717) is 6.04 Å². The summed E-state index contributed by atoms with van der Waals surface area (Å²) in [6.07, 6.45) is 3.01. The molecule has 4 heteroatoms. The summed E-state index contributed by atoms with van der Waals surface area (Å²) in [5.74, 6) is 0. The van der Waals surface area contributed by atoms with Crippen molar-refractivity contribution in [3.63, 3.8) is 0 Å². The molecular weight excluding hydrogens is 270 g/mol. The SMILES string of the molecule is CCc1nn(C)cc1-c1ccc(Cl)cc1CNC(C)C. The number of nitrogens with one attached hydrogen (secondary N) is 1. The summed E-state index contributed by atoms with van der Waals surface area (Å²) in [6, 6.07) is 6.53. The van der Waals surface area contributed by atoms with E-state index in [2.05, 4.69) is 43.4 Å². The maximum Gasteiger partial charge on any atom is 0.0700 e.